The van der Waals surface area contributed by atoms with Gasteiger partial charge in [0, 0.05) is 31.3 Å². The van der Waals surface area contributed by atoms with Crippen LogP contribution in [0.2, 0.25) is 0 Å². The molecule has 3 aromatic rings. The van der Waals surface area contributed by atoms with Gasteiger partial charge in [-0.05, 0) is 31.5 Å². The monoisotopic (exact) mass is 408 g/mol. The molecule has 2 heterocycles. The van der Waals surface area contributed by atoms with E-state index in [0.717, 1.165) is 16.8 Å². The first-order valence-corrected chi connectivity index (χ1v) is 9.48. The van der Waals surface area contributed by atoms with Crippen molar-refractivity contribution in [1.29, 1.82) is 5.26 Å². The van der Waals surface area contributed by atoms with Crippen LogP contribution >= 0.6 is 0 Å². The zero-order chi connectivity index (χ0) is 21.5. The molecule has 156 valence electrons. The van der Waals surface area contributed by atoms with Gasteiger partial charge in [-0.25, -0.2) is 9.97 Å². The van der Waals surface area contributed by atoms with Gasteiger partial charge in [-0.3, -0.25) is 4.68 Å². The van der Waals surface area contributed by atoms with Gasteiger partial charge in [-0.1, -0.05) is 6.07 Å². The van der Waals surface area contributed by atoms with E-state index >= 15 is 0 Å². The van der Waals surface area contributed by atoms with Crippen LogP contribution in [0.5, 0.6) is 5.75 Å². The number of aliphatic hydroxyl groups is 1. The second kappa shape index (κ2) is 9.82. The molecule has 0 saturated heterocycles. The summed E-state index contributed by atoms with van der Waals surface area (Å²) in [6, 6.07) is 7.49. The quantitative estimate of drug-likeness (QED) is 0.555. The number of nitrogens with zero attached hydrogens (tertiary/aromatic N) is 5. The first-order chi connectivity index (χ1) is 14.5. The highest BCUT2D eigenvalue weighted by Gasteiger charge is 2.11. The number of benzene rings is 1. The van der Waals surface area contributed by atoms with Crippen molar-refractivity contribution in [2.24, 2.45) is 0 Å². The summed E-state index contributed by atoms with van der Waals surface area (Å²) in [5.41, 5.74) is 2.81. The maximum atomic E-state index is 9.43. The van der Waals surface area contributed by atoms with Gasteiger partial charge in [-0.2, -0.15) is 10.4 Å². The Morgan fingerprint density at radius 2 is 1.97 bits per heavy atom. The first-order valence-electron chi connectivity index (χ1n) is 9.48. The van der Waals surface area contributed by atoms with Crippen molar-refractivity contribution >= 4 is 11.6 Å². The van der Waals surface area contributed by atoms with E-state index in [4.69, 9.17) is 9.47 Å². The Kier molecular flexibility index (Phi) is 6.95. The standard InChI is InChI=1S/C21H24N6O3/c1-14(28)11-27-12-19(10-25-27)26-21-23-8-18(9-24-21)16-4-5-17(7-22)20(6-16)30-15(2)13-29-3/h4-6,8-10,12,14-15,28H,11,13H2,1-3H3,(H,23,24,26). The average Bonchev–Trinajstić information content (AvgIpc) is 3.14. The lowest BCUT2D eigenvalue weighted by molar-refractivity contribution is 0.0919. The summed E-state index contributed by atoms with van der Waals surface area (Å²) in [5, 5.41) is 26.0. The zero-order valence-electron chi connectivity index (χ0n) is 17.1. The molecule has 2 aromatic heterocycles. The maximum Gasteiger partial charge on any atom is 0.227 e. The van der Waals surface area contributed by atoms with Crippen molar-refractivity contribution in [2.75, 3.05) is 19.0 Å². The van der Waals surface area contributed by atoms with E-state index in [1.807, 2.05) is 13.0 Å². The molecule has 0 amide bonds. The van der Waals surface area contributed by atoms with Crippen LogP contribution in [0.3, 0.4) is 0 Å². The second-order valence-corrected chi connectivity index (χ2v) is 6.93. The highest BCUT2D eigenvalue weighted by Crippen LogP contribution is 2.27. The van der Waals surface area contributed by atoms with Gasteiger partial charge < -0.3 is 19.9 Å². The van der Waals surface area contributed by atoms with Gasteiger partial charge in [0.2, 0.25) is 5.95 Å². The molecule has 1 aromatic carbocycles. The highest BCUT2D eigenvalue weighted by molar-refractivity contribution is 5.66. The zero-order valence-corrected chi connectivity index (χ0v) is 17.1. The number of ether oxygens (including phenoxy) is 2. The molecule has 30 heavy (non-hydrogen) atoms. The van der Waals surface area contributed by atoms with E-state index in [1.165, 1.54) is 0 Å². The molecule has 0 aliphatic heterocycles. The van der Waals surface area contributed by atoms with Crippen molar-refractivity contribution in [3.05, 3.63) is 48.5 Å². The van der Waals surface area contributed by atoms with E-state index in [1.54, 1.807) is 55.6 Å². The van der Waals surface area contributed by atoms with Gasteiger partial charge in [0.1, 0.15) is 17.9 Å². The Bertz CT molecular complexity index is 1010. The first kappa shape index (κ1) is 21.2. The predicted molar refractivity (Wildman–Crippen MR) is 111 cm³/mol. The molecule has 2 unspecified atom stereocenters. The van der Waals surface area contributed by atoms with Crippen LogP contribution < -0.4 is 10.1 Å². The predicted octanol–water partition coefficient (Wildman–Crippen LogP) is 2.75. The maximum absolute atomic E-state index is 9.43. The Balaban J connectivity index is 1.74. The van der Waals surface area contributed by atoms with Crippen LogP contribution in [0.15, 0.2) is 43.0 Å². The summed E-state index contributed by atoms with van der Waals surface area (Å²) in [6.45, 7) is 4.42. The van der Waals surface area contributed by atoms with Gasteiger partial charge in [0.05, 0.1) is 36.7 Å². The summed E-state index contributed by atoms with van der Waals surface area (Å²) in [7, 11) is 1.60. The number of methoxy groups -OCH3 is 1. The molecule has 2 atom stereocenters. The highest BCUT2D eigenvalue weighted by atomic mass is 16.5. The smallest absolute Gasteiger partial charge is 0.227 e. The van der Waals surface area contributed by atoms with Gasteiger partial charge in [0.25, 0.3) is 0 Å². The molecule has 2 N–H and O–H groups in total. The van der Waals surface area contributed by atoms with Crippen LogP contribution in [-0.2, 0) is 11.3 Å². The Morgan fingerprint density at radius 1 is 1.20 bits per heavy atom. The number of anilines is 2. The number of nitrogens with one attached hydrogen (secondary N) is 1. The molecule has 0 saturated carbocycles. The fourth-order valence-corrected chi connectivity index (χ4v) is 2.85. The van der Waals surface area contributed by atoms with Gasteiger partial charge >= 0.3 is 0 Å². The summed E-state index contributed by atoms with van der Waals surface area (Å²) >= 11 is 0. The molecule has 3 rings (SSSR count). The minimum Gasteiger partial charge on any atom is -0.487 e. The molecule has 9 heteroatoms. The van der Waals surface area contributed by atoms with Crippen LogP contribution in [0.4, 0.5) is 11.6 Å². The lowest BCUT2D eigenvalue weighted by atomic mass is 10.1. The summed E-state index contributed by atoms with van der Waals surface area (Å²) < 4.78 is 12.6. The SMILES string of the molecule is COCC(C)Oc1cc(-c2cnc(Nc3cnn(CC(C)O)c3)nc2)ccc1C#N. The van der Waals surface area contributed by atoms with Crippen molar-refractivity contribution in [2.45, 2.75) is 32.6 Å². The molecule has 9 nitrogen and oxygen atoms in total. The number of aliphatic hydroxyl groups excluding tert-OH is 1. The van der Waals surface area contributed by atoms with Crippen molar-refractivity contribution in [3.8, 4) is 22.9 Å². The lowest BCUT2D eigenvalue weighted by Crippen LogP contribution is -2.18. The van der Waals surface area contributed by atoms with Crippen molar-refractivity contribution in [3.63, 3.8) is 0 Å². The summed E-state index contributed by atoms with van der Waals surface area (Å²) in [6.07, 6.45) is 6.14. The number of hydrogen-bond acceptors (Lipinski definition) is 8. The third-order valence-corrected chi connectivity index (χ3v) is 4.16. The van der Waals surface area contributed by atoms with E-state index in [-0.39, 0.29) is 6.10 Å². The van der Waals surface area contributed by atoms with Crippen molar-refractivity contribution in [1.82, 2.24) is 19.7 Å². The largest absolute Gasteiger partial charge is 0.487 e. The fraction of sp³-hybridized carbons (Fsp3) is 0.333. The lowest BCUT2D eigenvalue weighted by Gasteiger charge is -2.15. The Morgan fingerprint density at radius 3 is 2.63 bits per heavy atom. The number of hydrogen-bond donors (Lipinski definition) is 2. The van der Waals surface area contributed by atoms with Crippen LogP contribution in [-0.4, -0.2) is 50.8 Å². The van der Waals surface area contributed by atoms with Crippen LogP contribution in [0.25, 0.3) is 11.1 Å². The molecule has 0 spiro atoms. The number of rotatable bonds is 9. The van der Waals surface area contributed by atoms with E-state index in [0.29, 0.717) is 30.4 Å². The van der Waals surface area contributed by atoms with Crippen molar-refractivity contribution < 1.29 is 14.6 Å². The molecule has 0 radical (unpaired) electrons. The van der Waals surface area contributed by atoms with Gasteiger partial charge in [0.15, 0.2) is 0 Å². The second-order valence-electron chi connectivity index (χ2n) is 6.93. The third-order valence-electron chi connectivity index (χ3n) is 4.16. The molecule has 0 bridgehead atoms. The molecular formula is C21H24N6O3. The average molecular weight is 408 g/mol. The molecule has 0 aliphatic carbocycles. The van der Waals surface area contributed by atoms with E-state index < -0.39 is 6.10 Å². The third kappa shape index (κ3) is 5.53. The topological polar surface area (TPSA) is 118 Å². The minimum absolute atomic E-state index is 0.185. The Hall–Kier alpha value is -3.48. The molecule has 0 aliphatic rings. The molecular weight excluding hydrogens is 384 g/mol. The van der Waals surface area contributed by atoms with Gasteiger partial charge in [-0.15, -0.1) is 0 Å². The van der Waals surface area contributed by atoms with E-state index in [9.17, 15) is 10.4 Å². The minimum atomic E-state index is -0.480. The molecule has 0 fully saturated rings. The summed E-state index contributed by atoms with van der Waals surface area (Å²) in [5.74, 6) is 0.918. The number of nitriles is 1. The fourth-order valence-electron chi connectivity index (χ4n) is 2.85. The Labute approximate surface area is 174 Å². The van der Waals surface area contributed by atoms with Crippen LogP contribution in [0, 0.1) is 11.3 Å². The number of aromatic nitrogens is 4. The van der Waals surface area contributed by atoms with E-state index in [2.05, 4.69) is 26.5 Å². The van der Waals surface area contributed by atoms with Crippen LogP contribution in [0.1, 0.15) is 19.4 Å². The normalized spacial score (nSPS) is 12.8. The summed E-state index contributed by atoms with van der Waals surface area (Å²) in [4.78, 5) is 8.70.